The lowest BCUT2D eigenvalue weighted by Gasteiger charge is -2.17. The molecule has 1 atom stereocenters. The van der Waals surface area contributed by atoms with E-state index in [4.69, 9.17) is 4.74 Å². The van der Waals surface area contributed by atoms with Crippen LogP contribution >= 0.6 is 0 Å². The van der Waals surface area contributed by atoms with Crippen molar-refractivity contribution in [3.8, 4) is 0 Å². The van der Waals surface area contributed by atoms with E-state index >= 15 is 0 Å². The van der Waals surface area contributed by atoms with E-state index in [1.54, 1.807) is 7.11 Å². The summed E-state index contributed by atoms with van der Waals surface area (Å²) in [6, 6.07) is 0.784. The van der Waals surface area contributed by atoms with Crippen LogP contribution in [0.1, 0.15) is 19.3 Å². The van der Waals surface area contributed by atoms with Crippen LogP contribution in [0, 0.1) is 0 Å². The quantitative estimate of drug-likeness (QED) is 0.662. The minimum Gasteiger partial charge on any atom is -0.380 e. The Morgan fingerprint density at radius 1 is 1.47 bits per heavy atom. The molecule has 0 aromatic carbocycles. The van der Waals surface area contributed by atoms with E-state index in [0.717, 1.165) is 32.2 Å². The zero-order valence-electron chi connectivity index (χ0n) is 9.67. The number of methoxy groups -OCH3 is 1. The molecule has 1 heterocycles. The van der Waals surface area contributed by atoms with E-state index in [9.17, 15) is 0 Å². The molecule has 0 amide bonds. The van der Waals surface area contributed by atoms with Gasteiger partial charge in [-0.1, -0.05) is 6.58 Å². The van der Waals surface area contributed by atoms with E-state index in [-0.39, 0.29) is 0 Å². The zero-order chi connectivity index (χ0) is 10.7. The first-order valence-corrected chi connectivity index (χ1v) is 5.93. The fourth-order valence-electron chi connectivity index (χ4n) is 2.08. The summed E-state index contributed by atoms with van der Waals surface area (Å²) in [5.41, 5.74) is 1.30. The summed E-state index contributed by atoms with van der Waals surface area (Å²) in [5, 5.41) is 3.50. The first kappa shape index (κ1) is 11.1. The number of nitrogens with one attached hydrogen (secondary N) is 1. The molecule has 15 heavy (non-hydrogen) atoms. The highest BCUT2D eigenvalue weighted by Gasteiger charge is 2.23. The van der Waals surface area contributed by atoms with Crippen molar-refractivity contribution in [3.05, 3.63) is 12.2 Å². The molecule has 86 valence electrons. The summed E-state index contributed by atoms with van der Waals surface area (Å²) in [6.07, 6.45) is 4.31. The third-order valence-electron chi connectivity index (χ3n) is 3.23. The van der Waals surface area contributed by atoms with Crippen molar-refractivity contribution >= 4 is 0 Å². The SMILES string of the molecule is C=C(CNC1CC1)CN1CCC(OC)C1. The smallest absolute Gasteiger partial charge is 0.0710 e. The molecule has 0 bridgehead atoms. The van der Waals surface area contributed by atoms with Crippen molar-refractivity contribution in [1.29, 1.82) is 0 Å². The van der Waals surface area contributed by atoms with Gasteiger partial charge in [0.15, 0.2) is 0 Å². The first-order chi connectivity index (χ1) is 7.28. The molecule has 1 saturated carbocycles. The standard InChI is InChI=1S/C12H22N2O/c1-10(7-13-11-3-4-11)8-14-6-5-12(9-14)15-2/h11-13H,1,3-9H2,2H3. The molecule has 1 aliphatic carbocycles. The zero-order valence-corrected chi connectivity index (χ0v) is 9.67. The van der Waals surface area contributed by atoms with Crippen molar-refractivity contribution in [2.24, 2.45) is 0 Å². The normalized spacial score (nSPS) is 27.1. The van der Waals surface area contributed by atoms with Crippen LogP contribution in [-0.2, 0) is 4.74 Å². The molecule has 2 rings (SSSR count). The van der Waals surface area contributed by atoms with E-state index in [2.05, 4.69) is 16.8 Å². The molecule has 0 aromatic rings. The number of hydrogen-bond donors (Lipinski definition) is 1. The molecular weight excluding hydrogens is 188 g/mol. The average molecular weight is 210 g/mol. The van der Waals surface area contributed by atoms with Crippen molar-refractivity contribution in [1.82, 2.24) is 10.2 Å². The Bertz CT molecular complexity index is 226. The van der Waals surface area contributed by atoms with Crippen LogP contribution < -0.4 is 5.32 Å². The number of rotatable bonds is 6. The fraction of sp³-hybridized carbons (Fsp3) is 0.833. The van der Waals surface area contributed by atoms with Gasteiger partial charge in [0.25, 0.3) is 0 Å². The van der Waals surface area contributed by atoms with E-state index in [1.807, 2.05) is 0 Å². The van der Waals surface area contributed by atoms with E-state index in [1.165, 1.54) is 24.8 Å². The average Bonchev–Trinajstić information content (AvgIpc) is 2.96. The Kier molecular flexibility index (Phi) is 3.78. The van der Waals surface area contributed by atoms with Gasteiger partial charge in [0, 0.05) is 39.3 Å². The second kappa shape index (κ2) is 5.10. The number of ether oxygens (including phenoxy) is 1. The Hall–Kier alpha value is -0.380. The molecule has 1 aliphatic heterocycles. The molecule has 0 radical (unpaired) electrons. The molecule has 2 aliphatic rings. The Balaban J connectivity index is 1.61. The van der Waals surface area contributed by atoms with Crippen LogP contribution in [0.15, 0.2) is 12.2 Å². The molecule has 1 N–H and O–H groups in total. The molecule has 1 saturated heterocycles. The third kappa shape index (κ3) is 3.59. The van der Waals surface area contributed by atoms with Gasteiger partial charge in [-0.25, -0.2) is 0 Å². The van der Waals surface area contributed by atoms with Gasteiger partial charge in [0.1, 0.15) is 0 Å². The monoisotopic (exact) mass is 210 g/mol. The maximum atomic E-state index is 5.34. The molecule has 2 fully saturated rings. The van der Waals surface area contributed by atoms with Crippen molar-refractivity contribution in [2.45, 2.75) is 31.4 Å². The predicted octanol–water partition coefficient (Wildman–Crippen LogP) is 1.02. The minimum atomic E-state index is 0.439. The lowest BCUT2D eigenvalue weighted by atomic mass is 10.3. The molecule has 0 spiro atoms. The van der Waals surface area contributed by atoms with Crippen LogP contribution in [0.3, 0.4) is 0 Å². The highest BCUT2D eigenvalue weighted by molar-refractivity contribution is 5.02. The van der Waals surface area contributed by atoms with Crippen LogP contribution in [0.25, 0.3) is 0 Å². The summed E-state index contributed by atoms with van der Waals surface area (Å²) in [7, 11) is 1.80. The van der Waals surface area contributed by atoms with Gasteiger partial charge >= 0.3 is 0 Å². The largest absolute Gasteiger partial charge is 0.380 e. The molecular formula is C12H22N2O. The third-order valence-corrected chi connectivity index (χ3v) is 3.23. The van der Waals surface area contributed by atoms with Gasteiger partial charge in [0.05, 0.1) is 6.10 Å². The van der Waals surface area contributed by atoms with Gasteiger partial charge in [-0.3, -0.25) is 4.90 Å². The molecule has 3 nitrogen and oxygen atoms in total. The summed E-state index contributed by atoms with van der Waals surface area (Å²) >= 11 is 0. The van der Waals surface area contributed by atoms with Gasteiger partial charge in [-0.15, -0.1) is 0 Å². The van der Waals surface area contributed by atoms with E-state index < -0.39 is 0 Å². The lowest BCUT2D eigenvalue weighted by Crippen LogP contribution is -2.29. The summed E-state index contributed by atoms with van der Waals surface area (Å²) in [6.45, 7) is 8.36. The van der Waals surface area contributed by atoms with Gasteiger partial charge < -0.3 is 10.1 Å². The van der Waals surface area contributed by atoms with Crippen molar-refractivity contribution < 1.29 is 4.74 Å². The Labute approximate surface area is 92.5 Å². The van der Waals surface area contributed by atoms with Crippen LogP contribution in [0.2, 0.25) is 0 Å². The summed E-state index contributed by atoms with van der Waals surface area (Å²) in [4.78, 5) is 2.44. The minimum absolute atomic E-state index is 0.439. The van der Waals surface area contributed by atoms with Crippen molar-refractivity contribution in [3.63, 3.8) is 0 Å². The Morgan fingerprint density at radius 2 is 2.27 bits per heavy atom. The van der Waals surface area contributed by atoms with Gasteiger partial charge in [-0.05, 0) is 24.8 Å². The topological polar surface area (TPSA) is 24.5 Å². The fourth-order valence-corrected chi connectivity index (χ4v) is 2.08. The van der Waals surface area contributed by atoms with Crippen molar-refractivity contribution in [2.75, 3.05) is 33.3 Å². The molecule has 1 unspecified atom stereocenters. The van der Waals surface area contributed by atoms with Crippen LogP contribution in [0.5, 0.6) is 0 Å². The second-order valence-electron chi connectivity index (χ2n) is 4.79. The summed E-state index contributed by atoms with van der Waals surface area (Å²) in [5.74, 6) is 0. The number of likely N-dealkylation sites (tertiary alicyclic amines) is 1. The second-order valence-corrected chi connectivity index (χ2v) is 4.79. The molecule has 0 aromatic heterocycles. The van der Waals surface area contributed by atoms with E-state index in [0.29, 0.717) is 6.10 Å². The number of hydrogen-bond acceptors (Lipinski definition) is 3. The first-order valence-electron chi connectivity index (χ1n) is 5.93. The highest BCUT2D eigenvalue weighted by atomic mass is 16.5. The summed E-state index contributed by atoms with van der Waals surface area (Å²) < 4.78 is 5.34. The van der Waals surface area contributed by atoms with Crippen LogP contribution in [0.4, 0.5) is 0 Å². The number of nitrogens with zero attached hydrogens (tertiary/aromatic N) is 1. The predicted molar refractivity (Wildman–Crippen MR) is 62.0 cm³/mol. The highest BCUT2D eigenvalue weighted by Crippen LogP contribution is 2.19. The molecule has 3 heteroatoms. The van der Waals surface area contributed by atoms with Crippen LogP contribution in [-0.4, -0.2) is 50.3 Å². The van der Waals surface area contributed by atoms with Gasteiger partial charge in [-0.2, -0.15) is 0 Å². The van der Waals surface area contributed by atoms with Gasteiger partial charge in [0.2, 0.25) is 0 Å². The Morgan fingerprint density at radius 3 is 2.87 bits per heavy atom. The maximum absolute atomic E-state index is 5.34. The maximum Gasteiger partial charge on any atom is 0.0710 e. The lowest BCUT2D eigenvalue weighted by molar-refractivity contribution is 0.109.